The predicted octanol–water partition coefficient (Wildman–Crippen LogP) is 3.52. The number of imidazole rings is 1. The van der Waals surface area contributed by atoms with Crippen LogP contribution in [0.1, 0.15) is 5.56 Å². The number of rotatable bonds is 4. The van der Waals surface area contributed by atoms with Crippen molar-refractivity contribution < 1.29 is 0 Å². The Morgan fingerprint density at radius 3 is 2.78 bits per heavy atom. The standard InChI is InChI=1S/C18H17N5/c1-19-17-10-16(15-6-7-21-18(15)22-17)14-4-2-13(3-5-14)11-23-9-8-20-12-23/h2-10,12H,11H2,1H3,(H2,19,21,22). The fraction of sp³-hybridized carbons (Fsp3) is 0.111. The van der Waals surface area contributed by atoms with Crippen molar-refractivity contribution in [1.29, 1.82) is 0 Å². The lowest BCUT2D eigenvalue weighted by molar-refractivity contribution is 0.797. The third-order valence-corrected chi connectivity index (χ3v) is 3.97. The van der Waals surface area contributed by atoms with Crippen LogP contribution in [0.25, 0.3) is 22.2 Å². The van der Waals surface area contributed by atoms with E-state index in [1.165, 1.54) is 16.7 Å². The summed E-state index contributed by atoms with van der Waals surface area (Å²) in [6, 6.07) is 12.8. The average molecular weight is 303 g/mol. The monoisotopic (exact) mass is 303 g/mol. The lowest BCUT2D eigenvalue weighted by Gasteiger charge is -2.08. The maximum Gasteiger partial charge on any atom is 0.140 e. The second kappa shape index (κ2) is 5.61. The molecule has 3 aromatic heterocycles. The van der Waals surface area contributed by atoms with E-state index in [1.807, 2.05) is 25.8 Å². The zero-order valence-electron chi connectivity index (χ0n) is 12.8. The van der Waals surface area contributed by atoms with Crippen LogP contribution in [0.5, 0.6) is 0 Å². The molecule has 0 radical (unpaired) electrons. The zero-order chi connectivity index (χ0) is 15.6. The maximum atomic E-state index is 4.53. The van der Waals surface area contributed by atoms with E-state index < -0.39 is 0 Å². The molecular formula is C18H17N5. The molecule has 0 spiro atoms. The molecule has 114 valence electrons. The van der Waals surface area contributed by atoms with Crippen molar-refractivity contribution in [2.45, 2.75) is 6.54 Å². The van der Waals surface area contributed by atoms with Crippen LogP contribution < -0.4 is 5.32 Å². The van der Waals surface area contributed by atoms with E-state index in [4.69, 9.17) is 0 Å². The predicted molar refractivity (Wildman–Crippen MR) is 92.4 cm³/mol. The van der Waals surface area contributed by atoms with Crippen molar-refractivity contribution >= 4 is 16.9 Å². The summed E-state index contributed by atoms with van der Waals surface area (Å²) in [5.74, 6) is 0.859. The van der Waals surface area contributed by atoms with Crippen molar-refractivity contribution in [3.05, 3.63) is 66.9 Å². The quantitative estimate of drug-likeness (QED) is 0.606. The van der Waals surface area contributed by atoms with Crippen molar-refractivity contribution in [3.63, 3.8) is 0 Å². The molecule has 0 amide bonds. The molecule has 0 saturated carbocycles. The van der Waals surface area contributed by atoms with E-state index in [2.05, 4.69) is 61.2 Å². The number of nitrogens with one attached hydrogen (secondary N) is 2. The summed E-state index contributed by atoms with van der Waals surface area (Å²) in [5, 5.41) is 4.25. The van der Waals surface area contributed by atoms with Crippen molar-refractivity contribution in [2.75, 3.05) is 12.4 Å². The molecule has 0 saturated heterocycles. The van der Waals surface area contributed by atoms with E-state index in [9.17, 15) is 0 Å². The average Bonchev–Trinajstić information content (AvgIpc) is 3.26. The first-order valence-electron chi connectivity index (χ1n) is 7.54. The molecule has 0 aliphatic carbocycles. The Morgan fingerprint density at radius 1 is 1.17 bits per heavy atom. The smallest absolute Gasteiger partial charge is 0.140 e. The molecule has 0 bridgehead atoms. The Balaban J connectivity index is 1.71. The Bertz CT molecular complexity index is 920. The molecule has 5 heteroatoms. The van der Waals surface area contributed by atoms with Crippen LogP contribution in [0.2, 0.25) is 0 Å². The van der Waals surface area contributed by atoms with Gasteiger partial charge in [-0.1, -0.05) is 24.3 Å². The van der Waals surface area contributed by atoms with Crippen molar-refractivity contribution in [1.82, 2.24) is 19.5 Å². The molecule has 0 atom stereocenters. The summed E-state index contributed by atoms with van der Waals surface area (Å²) in [4.78, 5) is 11.8. The number of nitrogens with zero attached hydrogens (tertiary/aromatic N) is 3. The largest absolute Gasteiger partial charge is 0.373 e. The van der Waals surface area contributed by atoms with Gasteiger partial charge in [0, 0.05) is 37.6 Å². The van der Waals surface area contributed by atoms with Gasteiger partial charge in [-0.15, -0.1) is 0 Å². The lowest BCUT2D eigenvalue weighted by Crippen LogP contribution is -1.96. The Hall–Kier alpha value is -3.08. The van der Waals surface area contributed by atoms with E-state index in [-0.39, 0.29) is 0 Å². The van der Waals surface area contributed by atoms with Crippen molar-refractivity contribution in [2.24, 2.45) is 0 Å². The van der Waals surface area contributed by atoms with Crippen LogP contribution >= 0.6 is 0 Å². The molecule has 3 heterocycles. The van der Waals surface area contributed by atoms with Gasteiger partial charge in [-0.2, -0.15) is 0 Å². The fourth-order valence-electron chi connectivity index (χ4n) is 2.79. The van der Waals surface area contributed by atoms with Gasteiger partial charge in [-0.25, -0.2) is 9.97 Å². The highest BCUT2D eigenvalue weighted by atomic mass is 15.0. The second-order valence-corrected chi connectivity index (χ2v) is 5.48. The minimum absolute atomic E-state index is 0.831. The minimum Gasteiger partial charge on any atom is -0.373 e. The van der Waals surface area contributed by atoms with Gasteiger partial charge in [0.2, 0.25) is 0 Å². The van der Waals surface area contributed by atoms with Crippen LogP contribution in [0.3, 0.4) is 0 Å². The molecule has 0 aliphatic heterocycles. The number of aromatic nitrogens is 4. The van der Waals surface area contributed by atoms with E-state index >= 15 is 0 Å². The number of benzene rings is 1. The summed E-state index contributed by atoms with van der Waals surface area (Å²) < 4.78 is 2.06. The number of hydrogen-bond acceptors (Lipinski definition) is 3. The lowest BCUT2D eigenvalue weighted by atomic mass is 10.0. The molecular weight excluding hydrogens is 286 g/mol. The highest BCUT2D eigenvalue weighted by Crippen LogP contribution is 2.30. The summed E-state index contributed by atoms with van der Waals surface area (Å²) in [7, 11) is 1.88. The number of anilines is 1. The molecule has 1 aromatic carbocycles. The molecule has 4 rings (SSSR count). The maximum absolute atomic E-state index is 4.53. The highest BCUT2D eigenvalue weighted by Gasteiger charge is 2.08. The first-order chi connectivity index (χ1) is 11.3. The minimum atomic E-state index is 0.831. The molecule has 5 nitrogen and oxygen atoms in total. The Labute approximate surface area is 134 Å². The van der Waals surface area contributed by atoms with Gasteiger partial charge in [0.15, 0.2) is 0 Å². The number of fused-ring (bicyclic) bond motifs is 1. The second-order valence-electron chi connectivity index (χ2n) is 5.48. The third kappa shape index (κ3) is 2.57. The van der Waals surface area contributed by atoms with E-state index in [1.54, 1.807) is 6.20 Å². The van der Waals surface area contributed by atoms with Gasteiger partial charge in [-0.05, 0) is 28.8 Å². The number of pyridine rings is 1. The first kappa shape index (κ1) is 13.6. The van der Waals surface area contributed by atoms with Gasteiger partial charge in [-0.3, -0.25) is 0 Å². The van der Waals surface area contributed by atoms with Gasteiger partial charge < -0.3 is 14.9 Å². The number of H-pyrrole nitrogens is 1. The summed E-state index contributed by atoms with van der Waals surface area (Å²) in [6.45, 7) is 0.831. The van der Waals surface area contributed by atoms with E-state index in [0.717, 1.165) is 23.4 Å². The SMILES string of the molecule is CNc1cc(-c2ccc(Cn3ccnc3)cc2)c2cc[nH]c2n1. The van der Waals surface area contributed by atoms with Gasteiger partial charge in [0.25, 0.3) is 0 Å². The van der Waals surface area contributed by atoms with Crippen LogP contribution in [-0.4, -0.2) is 26.6 Å². The molecule has 0 fully saturated rings. The highest BCUT2D eigenvalue weighted by molar-refractivity contribution is 5.94. The van der Waals surface area contributed by atoms with E-state index in [0.29, 0.717) is 0 Å². The van der Waals surface area contributed by atoms with Crippen LogP contribution in [0.4, 0.5) is 5.82 Å². The molecule has 0 aliphatic rings. The Morgan fingerprint density at radius 2 is 2.04 bits per heavy atom. The molecule has 2 N–H and O–H groups in total. The first-order valence-corrected chi connectivity index (χ1v) is 7.54. The van der Waals surface area contributed by atoms with Gasteiger partial charge in [0.05, 0.1) is 6.33 Å². The topological polar surface area (TPSA) is 58.5 Å². The molecule has 4 aromatic rings. The normalized spacial score (nSPS) is 11.0. The van der Waals surface area contributed by atoms with Crippen LogP contribution in [0, 0.1) is 0 Å². The fourth-order valence-corrected chi connectivity index (χ4v) is 2.79. The zero-order valence-corrected chi connectivity index (χ0v) is 12.8. The summed E-state index contributed by atoms with van der Waals surface area (Å²) in [6.07, 6.45) is 7.53. The Kier molecular flexibility index (Phi) is 3.31. The summed E-state index contributed by atoms with van der Waals surface area (Å²) >= 11 is 0. The van der Waals surface area contributed by atoms with Crippen LogP contribution in [0.15, 0.2) is 61.3 Å². The van der Waals surface area contributed by atoms with Gasteiger partial charge >= 0.3 is 0 Å². The van der Waals surface area contributed by atoms with Crippen molar-refractivity contribution in [3.8, 4) is 11.1 Å². The van der Waals surface area contributed by atoms with Gasteiger partial charge in [0.1, 0.15) is 11.5 Å². The van der Waals surface area contributed by atoms with Crippen LogP contribution in [-0.2, 0) is 6.54 Å². The number of aromatic amines is 1. The molecule has 0 unspecified atom stereocenters. The third-order valence-electron chi connectivity index (χ3n) is 3.97. The summed E-state index contributed by atoms with van der Waals surface area (Å²) in [5.41, 5.74) is 4.51. The molecule has 23 heavy (non-hydrogen) atoms. The number of hydrogen-bond donors (Lipinski definition) is 2.